The molecule has 0 spiro atoms. The summed E-state index contributed by atoms with van der Waals surface area (Å²) in [5.74, 6) is 0.583. The lowest BCUT2D eigenvalue weighted by Gasteiger charge is -2.30. The molecule has 2 nitrogen and oxygen atoms in total. The Hall–Kier alpha value is 0.580. The molecule has 17 heavy (non-hydrogen) atoms. The zero-order valence-corrected chi connectivity index (χ0v) is 13.9. The number of hydrogen-bond acceptors (Lipinski definition) is 3. The Labute approximate surface area is 124 Å². The average Bonchev–Trinajstić information content (AvgIpc) is 2.51. The summed E-state index contributed by atoms with van der Waals surface area (Å²) < 4.78 is 2.34. The first-order valence-electron chi connectivity index (χ1n) is 5.98. The topological polar surface area (TPSA) is 29.3 Å². The van der Waals surface area contributed by atoms with Crippen LogP contribution in [0.1, 0.15) is 30.2 Å². The first-order chi connectivity index (χ1) is 8.13. The fraction of sp³-hybridized carbons (Fsp3) is 0.667. The third kappa shape index (κ3) is 3.13. The van der Waals surface area contributed by atoms with Crippen molar-refractivity contribution in [3.8, 4) is 0 Å². The van der Waals surface area contributed by atoms with Gasteiger partial charge in [0.1, 0.15) is 0 Å². The molecule has 0 saturated carbocycles. The van der Waals surface area contributed by atoms with E-state index in [0.29, 0.717) is 12.0 Å². The van der Waals surface area contributed by atoms with E-state index in [1.54, 1.807) is 0 Å². The lowest BCUT2D eigenvalue weighted by Crippen LogP contribution is -2.32. The van der Waals surface area contributed by atoms with Crippen LogP contribution in [0.2, 0.25) is 0 Å². The number of thiophene rings is 1. The van der Waals surface area contributed by atoms with Gasteiger partial charge in [-0.05, 0) is 76.8 Å². The summed E-state index contributed by atoms with van der Waals surface area (Å²) in [5, 5.41) is 0. The van der Waals surface area contributed by atoms with Crippen molar-refractivity contribution in [2.75, 3.05) is 20.1 Å². The third-order valence-electron chi connectivity index (χ3n) is 3.52. The number of nitrogens with zero attached hydrogens (tertiary/aromatic N) is 1. The van der Waals surface area contributed by atoms with E-state index in [0.717, 1.165) is 11.0 Å². The quantitative estimate of drug-likeness (QED) is 0.838. The van der Waals surface area contributed by atoms with Crippen molar-refractivity contribution < 1.29 is 0 Å². The molecule has 2 atom stereocenters. The highest BCUT2D eigenvalue weighted by Gasteiger charge is 2.29. The van der Waals surface area contributed by atoms with Gasteiger partial charge in [-0.25, -0.2) is 0 Å². The van der Waals surface area contributed by atoms with Gasteiger partial charge in [0, 0.05) is 15.4 Å². The van der Waals surface area contributed by atoms with Gasteiger partial charge in [-0.1, -0.05) is 6.42 Å². The molecule has 0 aliphatic carbocycles. The Morgan fingerprint density at radius 2 is 2.24 bits per heavy atom. The van der Waals surface area contributed by atoms with Crippen LogP contribution in [0.5, 0.6) is 0 Å². The first-order valence-corrected chi connectivity index (χ1v) is 8.38. The largest absolute Gasteiger partial charge is 0.330 e. The maximum atomic E-state index is 5.96. The van der Waals surface area contributed by atoms with E-state index < -0.39 is 0 Å². The van der Waals surface area contributed by atoms with Gasteiger partial charge in [-0.15, -0.1) is 11.3 Å². The van der Waals surface area contributed by atoms with Gasteiger partial charge in [-0.2, -0.15) is 0 Å². The van der Waals surface area contributed by atoms with Crippen LogP contribution in [0.3, 0.4) is 0 Å². The summed E-state index contributed by atoms with van der Waals surface area (Å²) in [7, 11) is 2.22. The van der Waals surface area contributed by atoms with Crippen molar-refractivity contribution in [3.05, 3.63) is 19.2 Å². The van der Waals surface area contributed by atoms with Crippen LogP contribution in [0.15, 0.2) is 14.3 Å². The molecule has 1 fully saturated rings. The molecule has 2 N–H and O–H groups in total. The molecule has 1 aromatic rings. The van der Waals surface area contributed by atoms with Gasteiger partial charge in [0.15, 0.2) is 0 Å². The highest BCUT2D eigenvalue weighted by molar-refractivity contribution is 9.13. The summed E-state index contributed by atoms with van der Waals surface area (Å²) in [4.78, 5) is 3.89. The van der Waals surface area contributed by atoms with Crippen LogP contribution in [0.25, 0.3) is 0 Å². The van der Waals surface area contributed by atoms with Gasteiger partial charge in [0.25, 0.3) is 0 Å². The molecular formula is C12H18Br2N2S. The van der Waals surface area contributed by atoms with Gasteiger partial charge < -0.3 is 5.73 Å². The van der Waals surface area contributed by atoms with Crippen LogP contribution in [0.4, 0.5) is 0 Å². The van der Waals surface area contributed by atoms with Crippen molar-refractivity contribution in [2.45, 2.75) is 25.3 Å². The first kappa shape index (κ1) is 14.0. The molecule has 5 heteroatoms. The molecular weight excluding hydrogens is 364 g/mol. The number of halogens is 2. The number of hydrogen-bond donors (Lipinski definition) is 1. The molecule has 0 amide bonds. The number of likely N-dealkylation sites (tertiary alicyclic amines) is 1. The van der Waals surface area contributed by atoms with Gasteiger partial charge in [-0.3, -0.25) is 4.90 Å². The monoisotopic (exact) mass is 380 g/mol. The Morgan fingerprint density at radius 1 is 1.47 bits per heavy atom. The van der Waals surface area contributed by atoms with Crippen LogP contribution in [-0.4, -0.2) is 25.0 Å². The molecule has 1 aromatic heterocycles. The molecule has 0 aromatic carbocycles. The van der Waals surface area contributed by atoms with Crippen LogP contribution in [-0.2, 0) is 0 Å². The van der Waals surface area contributed by atoms with Crippen molar-refractivity contribution in [1.82, 2.24) is 4.90 Å². The number of rotatable bonds is 2. The number of nitrogens with two attached hydrogens (primary N) is 1. The van der Waals surface area contributed by atoms with E-state index in [2.05, 4.69) is 49.9 Å². The van der Waals surface area contributed by atoms with Crippen molar-refractivity contribution in [3.63, 3.8) is 0 Å². The minimum atomic E-state index is 0.482. The van der Waals surface area contributed by atoms with Crippen LogP contribution < -0.4 is 5.73 Å². The average molecular weight is 382 g/mol. The molecule has 2 rings (SSSR count). The Bertz CT molecular complexity index is 361. The van der Waals surface area contributed by atoms with Gasteiger partial charge in [0.05, 0.1) is 3.79 Å². The lowest BCUT2D eigenvalue weighted by atomic mass is 9.94. The molecule has 1 aliphatic rings. The standard InChI is InChI=1S/C12H18Br2N2S/c1-16-5-3-2-4-8(7-15)11(16)10-6-9(13)12(14)17-10/h6,8,11H,2-5,7,15H2,1H3. The lowest BCUT2D eigenvalue weighted by molar-refractivity contribution is 0.199. The highest BCUT2D eigenvalue weighted by Crippen LogP contribution is 2.41. The molecule has 2 heterocycles. The van der Waals surface area contributed by atoms with E-state index >= 15 is 0 Å². The minimum absolute atomic E-state index is 0.482. The molecule has 2 unspecified atom stereocenters. The summed E-state index contributed by atoms with van der Waals surface area (Å²) >= 11 is 8.99. The Morgan fingerprint density at radius 3 is 2.82 bits per heavy atom. The predicted octanol–water partition coefficient (Wildman–Crippen LogP) is 4.00. The zero-order chi connectivity index (χ0) is 12.4. The van der Waals surface area contributed by atoms with Crippen LogP contribution >= 0.6 is 43.2 Å². The van der Waals surface area contributed by atoms with Crippen molar-refractivity contribution in [2.24, 2.45) is 11.7 Å². The minimum Gasteiger partial charge on any atom is -0.330 e. The summed E-state index contributed by atoms with van der Waals surface area (Å²) in [6, 6.07) is 2.72. The van der Waals surface area contributed by atoms with E-state index in [4.69, 9.17) is 5.73 Å². The summed E-state index contributed by atoms with van der Waals surface area (Å²) in [6.07, 6.45) is 3.84. The maximum absolute atomic E-state index is 5.96. The Balaban J connectivity index is 2.30. The van der Waals surface area contributed by atoms with E-state index in [-0.39, 0.29) is 0 Å². The second kappa shape index (κ2) is 6.15. The summed E-state index contributed by atoms with van der Waals surface area (Å²) in [5.41, 5.74) is 5.96. The SMILES string of the molecule is CN1CCCCC(CN)C1c1cc(Br)c(Br)s1. The predicted molar refractivity (Wildman–Crippen MR) is 81.5 cm³/mol. The second-order valence-corrected chi connectivity index (χ2v) is 7.94. The molecule has 1 saturated heterocycles. The molecule has 0 bridgehead atoms. The van der Waals surface area contributed by atoms with Crippen molar-refractivity contribution in [1.29, 1.82) is 0 Å². The van der Waals surface area contributed by atoms with Gasteiger partial charge in [0.2, 0.25) is 0 Å². The molecule has 0 radical (unpaired) electrons. The van der Waals surface area contributed by atoms with E-state index in [1.807, 2.05) is 11.3 Å². The van der Waals surface area contributed by atoms with Gasteiger partial charge >= 0.3 is 0 Å². The van der Waals surface area contributed by atoms with E-state index in [1.165, 1.54) is 34.5 Å². The molecule has 96 valence electrons. The second-order valence-electron chi connectivity index (χ2n) is 4.69. The third-order valence-corrected chi connectivity index (χ3v) is 6.84. The normalized spacial score (nSPS) is 27.1. The zero-order valence-electron chi connectivity index (χ0n) is 9.96. The smallest absolute Gasteiger partial charge is 0.0843 e. The van der Waals surface area contributed by atoms with E-state index in [9.17, 15) is 0 Å². The fourth-order valence-electron chi connectivity index (χ4n) is 2.63. The highest BCUT2D eigenvalue weighted by atomic mass is 79.9. The van der Waals surface area contributed by atoms with Crippen LogP contribution in [0, 0.1) is 5.92 Å². The maximum Gasteiger partial charge on any atom is 0.0843 e. The fourth-order valence-corrected chi connectivity index (χ4v) is 4.98. The Kier molecular flexibility index (Phi) is 5.06. The van der Waals surface area contributed by atoms with Crippen molar-refractivity contribution >= 4 is 43.2 Å². The summed E-state index contributed by atoms with van der Waals surface area (Å²) in [6.45, 7) is 1.95. The molecule has 1 aliphatic heterocycles.